The van der Waals surface area contributed by atoms with Crippen LogP contribution in [0.25, 0.3) is 22.2 Å². The van der Waals surface area contributed by atoms with Crippen LogP contribution in [0.15, 0.2) is 78.9 Å². The van der Waals surface area contributed by atoms with Gasteiger partial charge in [-0.2, -0.15) is 0 Å². The summed E-state index contributed by atoms with van der Waals surface area (Å²) in [6.07, 6.45) is 0.731. The smallest absolute Gasteiger partial charge is 0.252 e. The molecule has 0 spiro atoms. The highest BCUT2D eigenvalue weighted by molar-refractivity contribution is 6.09. The van der Waals surface area contributed by atoms with Gasteiger partial charge in [-0.25, -0.2) is 4.98 Å². The van der Waals surface area contributed by atoms with Gasteiger partial charge in [-0.1, -0.05) is 85.3 Å². The number of para-hydroxylation sites is 1. The minimum atomic E-state index is -0.0572. The first kappa shape index (κ1) is 18.9. The molecule has 0 unspecified atom stereocenters. The number of hydrogen-bond donors (Lipinski definition) is 1. The molecule has 1 amide bonds. The van der Waals surface area contributed by atoms with Crippen molar-refractivity contribution in [3.05, 3.63) is 101 Å². The predicted octanol–water partition coefficient (Wildman–Crippen LogP) is 5.70. The SMILES string of the molecule is CCc1c(-c2ccccc2)nc2ccccc2c1C(=O)NCc1ccc(C)cc1. The standard InChI is InChI=1S/C26H24N2O/c1-3-21-24(26(29)27-17-19-15-13-18(2)14-16-19)22-11-7-8-12-23(22)28-25(21)20-9-5-4-6-10-20/h4-16H,3,17H2,1-2H3,(H,27,29). The summed E-state index contributed by atoms with van der Waals surface area (Å²) in [5.74, 6) is -0.0572. The molecule has 0 saturated carbocycles. The highest BCUT2D eigenvalue weighted by Crippen LogP contribution is 2.30. The average Bonchev–Trinajstić information content (AvgIpc) is 2.77. The van der Waals surface area contributed by atoms with Gasteiger partial charge in [0.25, 0.3) is 5.91 Å². The zero-order valence-electron chi connectivity index (χ0n) is 16.8. The van der Waals surface area contributed by atoms with Gasteiger partial charge >= 0.3 is 0 Å². The Morgan fingerprint density at radius 2 is 1.59 bits per heavy atom. The van der Waals surface area contributed by atoms with Gasteiger partial charge in [-0.3, -0.25) is 4.79 Å². The van der Waals surface area contributed by atoms with Gasteiger partial charge < -0.3 is 5.32 Å². The maximum atomic E-state index is 13.3. The van der Waals surface area contributed by atoms with E-state index >= 15 is 0 Å². The summed E-state index contributed by atoms with van der Waals surface area (Å²) in [6, 6.07) is 26.2. The summed E-state index contributed by atoms with van der Waals surface area (Å²) in [7, 11) is 0. The normalized spacial score (nSPS) is 10.8. The molecule has 144 valence electrons. The molecule has 0 aliphatic heterocycles. The molecule has 4 aromatic rings. The first-order valence-corrected chi connectivity index (χ1v) is 9.98. The largest absolute Gasteiger partial charge is 0.348 e. The zero-order chi connectivity index (χ0) is 20.2. The number of aryl methyl sites for hydroxylation is 1. The summed E-state index contributed by atoms with van der Waals surface area (Å²) in [4.78, 5) is 18.2. The van der Waals surface area contributed by atoms with E-state index in [2.05, 4.69) is 43.4 Å². The first-order valence-electron chi connectivity index (χ1n) is 9.98. The third-order valence-electron chi connectivity index (χ3n) is 5.19. The molecular weight excluding hydrogens is 356 g/mol. The Kier molecular flexibility index (Phi) is 5.39. The molecule has 0 fully saturated rings. The van der Waals surface area contributed by atoms with Crippen molar-refractivity contribution in [1.29, 1.82) is 0 Å². The van der Waals surface area contributed by atoms with Crippen molar-refractivity contribution in [2.75, 3.05) is 0 Å². The molecule has 1 N–H and O–H groups in total. The van der Waals surface area contributed by atoms with Crippen LogP contribution in [-0.4, -0.2) is 10.9 Å². The van der Waals surface area contributed by atoms with Crippen molar-refractivity contribution in [1.82, 2.24) is 10.3 Å². The Balaban J connectivity index is 1.79. The first-order chi connectivity index (χ1) is 14.2. The number of carbonyl (C=O) groups excluding carboxylic acids is 1. The molecule has 4 rings (SSSR count). The Labute approximate surface area is 171 Å². The zero-order valence-corrected chi connectivity index (χ0v) is 16.8. The second kappa shape index (κ2) is 8.27. The van der Waals surface area contributed by atoms with E-state index in [-0.39, 0.29) is 5.91 Å². The van der Waals surface area contributed by atoms with Crippen molar-refractivity contribution in [2.24, 2.45) is 0 Å². The molecule has 3 nitrogen and oxygen atoms in total. The van der Waals surface area contributed by atoms with Gasteiger partial charge in [-0.05, 0) is 30.5 Å². The van der Waals surface area contributed by atoms with E-state index in [1.54, 1.807) is 0 Å². The van der Waals surface area contributed by atoms with Crippen LogP contribution in [0.5, 0.6) is 0 Å². The molecule has 0 radical (unpaired) electrons. The highest BCUT2D eigenvalue weighted by atomic mass is 16.1. The number of pyridine rings is 1. The fraction of sp³-hybridized carbons (Fsp3) is 0.154. The monoisotopic (exact) mass is 380 g/mol. The molecule has 0 aliphatic carbocycles. The van der Waals surface area contributed by atoms with Gasteiger partial charge in [0.05, 0.1) is 16.8 Å². The van der Waals surface area contributed by atoms with Crippen LogP contribution < -0.4 is 5.32 Å². The Morgan fingerprint density at radius 1 is 0.897 bits per heavy atom. The summed E-state index contributed by atoms with van der Waals surface area (Å²) >= 11 is 0. The Morgan fingerprint density at radius 3 is 2.31 bits per heavy atom. The second-order valence-corrected chi connectivity index (χ2v) is 7.22. The predicted molar refractivity (Wildman–Crippen MR) is 119 cm³/mol. The topological polar surface area (TPSA) is 42.0 Å². The van der Waals surface area contributed by atoms with E-state index in [4.69, 9.17) is 4.98 Å². The van der Waals surface area contributed by atoms with Crippen LogP contribution in [0.1, 0.15) is 34.0 Å². The van der Waals surface area contributed by atoms with Crippen LogP contribution in [0, 0.1) is 6.92 Å². The minimum Gasteiger partial charge on any atom is -0.348 e. The summed E-state index contributed by atoms with van der Waals surface area (Å²) in [6.45, 7) is 4.64. The number of hydrogen-bond acceptors (Lipinski definition) is 2. The Hall–Kier alpha value is -3.46. The van der Waals surface area contributed by atoms with Crippen LogP contribution >= 0.6 is 0 Å². The number of amides is 1. The maximum absolute atomic E-state index is 13.3. The van der Waals surface area contributed by atoms with Gasteiger partial charge in [-0.15, -0.1) is 0 Å². The number of nitrogens with one attached hydrogen (secondary N) is 1. The molecule has 0 bridgehead atoms. The second-order valence-electron chi connectivity index (χ2n) is 7.22. The molecular formula is C26H24N2O. The van der Waals surface area contributed by atoms with Crippen LogP contribution in [0.3, 0.4) is 0 Å². The van der Waals surface area contributed by atoms with Gasteiger partial charge in [0.1, 0.15) is 0 Å². The number of nitrogens with zero attached hydrogens (tertiary/aromatic N) is 1. The van der Waals surface area contributed by atoms with Crippen LogP contribution in [0.4, 0.5) is 0 Å². The van der Waals surface area contributed by atoms with E-state index in [1.165, 1.54) is 5.56 Å². The lowest BCUT2D eigenvalue weighted by atomic mass is 9.94. The molecule has 3 aromatic carbocycles. The summed E-state index contributed by atoms with van der Waals surface area (Å²) < 4.78 is 0. The van der Waals surface area contributed by atoms with Gasteiger partial charge in [0.2, 0.25) is 0 Å². The van der Waals surface area contributed by atoms with Gasteiger partial charge in [0, 0.05) is 17.5 Å². The average molecular weight is 380 g/mol. The highest BCUT2D eigenvalue weighted by Gasteiger charge is 2.20. The number of aromatic nitrogens is 1. The third-order valence-corrected chi connectivity index (χ3v) is 5.19. The lowest BCUT2D eigenvalue weighted by molar-refractivity contribution is 0.0951. The van der Waals surface area contributed by atoms with E-state index in [0.717, 1.165) is 45.3 Å². The number of fused-ring (bicyclic) bond motifs is 1. The molecule has 3 heteroatoms. The van der Waals surface area contributed by atoms with Crippen LogP contribution in [0.2, 0.25) is 0 Å². The van der Waals surface area contributed by atoms with Crippen LogP contribution in [-0.2, 0) is 13.0 Å². The van der Waals surface area contributed by atoms with Crippen molar-refractivity contribution >= 4 is 16.8 Å². The number of rotatable bonds is 5. The van der Waals surface area contributed by atoms with Crippen molar-refractivity contribution in [3.63, 3.8) is 0 Å². The van der Waals surface area contributed by atoms with Crippen molar-refractivity contribution in [2.45, 2.75) is 26.8 Å². The molecule has 0 atom stereocenters. The van der Waals surface area contributed by atoms with E-state index in [1.807, 2.05) is 54.6 Å². The third kappa shape index (κ3) is 3.90. The van der Waals surface area contributed by atoms with E-state index < -0.39 is 0 Å². The summed E-state index contributed by atoms with van der Waals surface area (Å²) in [5.41, 5.74) is 6.75. The minimum absolute atomic E-state index is 0.0572. The lowest BCUT2D eigenvalue weighted by Gasteiger charge is -2.16. The molecule has 0 aliphatic rings. The summed E-state index contributed by atoms with van der Waals surface area (Å²) in [5, 5.41) is 4.01. The fourth-order valence-electron chi connectivity index (χ4n) is 3.67. The van der Waals surface area contributed by atoms with E-state index in [0.29, 0.717) is 6.54 Å². The van der Waals surface area contributed by atoms with Crippen molar-refractivity contribution in [3.8, 4) is 11.3 Å². The van der Waals surface area contributed by atoms with Crippen molar-refractivity contribution < 1.29 is 4.79 Å². The fourth-order valence-corrected chi connectivity index (χ4v) is 3.67. The molecule has 29 heavy (non-hydrogen) atoms. The lowest BCUT2D eigenvalue weighted by Crippen LogP contribution is -2.25. The number of carbonyl (C=O) groups is 1. The molecule has 1 heterocycles. The number of benzene rings is 3. The molecule has 1 aromatic heterocycles. The van der Waals surface area contributed by atoms with Gasteiger partial charge in [0.15, 0.2) is 0 Å². The Bertz CT molecular complexity index is 1150. The van der Waals surface area contributed by atoms with E-state index in [9.17, 15) is 4.79 Å². The molecule has 0 saturated heterocycles. The quantitative estimate of drug-likeness (QED) is 0.482. The maximum Gasteiger partial charge on any atom is 0.252 e.